The van der Waals surface area contributed by atoms with Gasteiger partial charge in [-0.15, -0.1) is 0 Å². The number of hydrogen-bond donors (Lipinski definition) is 4. The van der Waals surface area contributed by atoms with Gasteiger partial charge in [0.25, 0.3) is 0 Å². The maximum atomic E-state index is 13.3. The number of carboxylic acids is 2. The highest BCUT2D eigenvalue weighted by Crippen LogP contribution is 2.50. The Kier molecular flexibility index (Phi) is 12.1. The lowest BCUT2D eigenvalue weighted by Gasteiger charge is -2.46. The third-order valence-corrected chi connectivity index (χ3v) is 11.2. The Bertz CT molecular complexity index is 1000. The molecule has 4 aliphatic carbocycles. The number of aliphatic carboxylic acids is 2. The molecular formula is C32H50O12. The predicted molar refractivity (Wildman–Crippen MR) is 154 cm³/mol. The van der Waals surface area contributed by atoms with Crippen LogP contribution in [0, 0.1) is 40.9 Å². The largest absolute Gasteiger partial charge is 0.481 e. The first-order chi connectivity index (χ1) is 20.9. The van der Waals surface area contributed by atoms with Crippen LogP contribution in [0.3, 0.4) is 0 Å². The number of carbonyl (C=O) groups excluding carboxylic acids is 2. The zero-order valence-electron chi connectivity index (χ0n) is 25.9. The summed E-state index contributed by atoms with van der Waals surface area (Å²) in [5.41, 5.74) is -0.721. The molecule has 7 unspecified atom stereocenters. The molecule has 4 rings (SSSR count). The second-order valence-electron chi connectivity index (χ2n) is 13.7. The molecule has 0 amide bonds. The zero-order valence-corrected chi connectivity index (χ0v) is 25.9. The van der Waals surface area contributed by atoms with Crippen molar-refractivity contribution < 1.29 is 58.9 Å². The molecule has 12 heteroatoms. The lowest BCUT2D eigenvalue weighted by molar-refractivity contribution is -0.338. The minimum absolute atomic E-state index is 0.0369. The van der Waals surface area contributed by atoms with Crippen LogP contribution in [0.5, 0.6) is 0 Å². The quantitative estimate of drug-likeness (QED) is 0.149. The molecule has 4 saturated carbocycles. The molecule has 0 aromatic heterocycles. The Labute approximate surface area is 258 Å². The predicted octanol–water partition coefficient (Wildman–Crippen LogP) is 3.50. The van der Waals surface area contributed by atoms with E-state index < -0.39 is 53.3 Å². The van der Waals surface area contributed by atoms with E-state index >= 15 is 0 Å². The van der Waals surface area contributed by atoms with Crippen molar-refractivity contribution in [3.8, 4) is 0 Å². The van der Waals surface area contributed by atoms with Crippen LogP contribution in [0.1, 0.15) is 96.8 Å². The number of aliphatic hydroxyl groups excluding tert-OH is 2. The van der Waals surface area contributed by atoms with E-state index in [0.29, 0.717) is 57.8 Å². The van der Waals surface area contributed by atoms with Gasteiger partial charge in [-0.05, 0) is 115 Å². The van der Waals surface area contributed by atoms with Crippen molar-refractivity contribution in [2.24, 2.45) is 40.9 Å². The summed E-state index contributed by atoms with van der Waals surface area (Å²) in [6.45, 7) is 2.14. The van der Waals surface area contributed by atoms with Crippen molar-refractivity contribution in [1.82, 2.24) is 0 Å². The van der Waals surface area contributed by atoms with Gasteiger partial charge >= 0.3 is 23.9 Å². The number of ether oxygens (including phenoxy) is 2. The molecule has 44 heavy (non-hydrogen) atoms. The van der Waals surface area contributed by atoms with E-state index in [2.05, 4.69) is 0 Å². The lowest BCUT2D eigenvalue weighted by Crippen LogP contribution is -2.47. The Hall–Kier alpha value is -2.28. The van der Waals surface area contributed by atoms with E-state index in [1.807, 2.05) is 6.92 Å². The molecule has 0 heterocycles. The minimum Gasteiger partial charge on any atom is -0.481 e. The molecule has 4 aliphatic rings. The highest BCUT2D eigenvalue weighted by Gasteiger charge is 2.51. The summed E-state index contributed by atoms with van der Waals surface area (Å²) in [6, 6.07) is 0. The standard InChI is InChI=1S/C32H50O12/c1-32(31(40)41-2,19-4-10-23(11-5-19)43-30(39)25-14-9-22(34)16-27(25)29(37)38)20-6-12-24(13-7-20)44-42-17-18-3-8-21(33)15-26(18)28(35)36/h18-27,33-34H,3-17H2,1-2H3,(H,35,36)(H,37,38). The van der Waals surface area contributed by atoms with E-state index in [1.54, 1.807) is 0 Å². The summed E-state index contributed by atoms with van der Waals surface area (Å²) in [5.74, 6) is -5.24. The normalized spacial score (nSPS) is 37.7. The van der Waals surface area contributed by atoms with E-state index in [1.165, 1.54) is 7.11 Å². The van der Waals surface area contributed by atoms with E-state index in [0.717, 1.165) is 12.8 Å². The SMILES string of the molecule is COC(=O)C(C)(C1CCC(OOCC2CCC(O)CC2C(=O)O)CC1)C1CCC(OC(=O)C2CCC(O)CC2C(=O)O)CC1. The number of methoxy groups -OCH3 is 1. The Balaban J connectivity index is 1.26. The number of carboxylic acid groups (broad SMARTS) is 2. The van der Waals surface area contributed by atoms with Crippen molar-refractivity contribution in [3.05, 3.63) is 0 Å². The summed E-state index contributed by atoms with van der Waals surface area (Å²) >= 11 is 0. The highest BCUT2D eigenvalue weighted by atomic mass is 17.2. The van der Waals surface area contributed by atoms with E-state index in [9.17, 15) is 39.6 Å². The molecule has 0 radical (unpaired) electrons. The molecule has 0 aromatic rings. The second-order valence-corrected chi connectivity index (χ2v) is 13.7. The van der Waals surface area contributed by atoms with Gasteiger partial charge in [0, 0.05) is 0 Å². The van der Waals surface area contributed by atoms with Crippen LogP contribution in [0.25, 0.3) is 0 Å². The maximum absolute atomic E-state index is 13.3. The Morgan fingerprint density at radius 3 is 1.75 bits per heavy atom. The summed E-state index contributed by atoms with van der Waals surface area (Å²) in [7, 11) is 1.41. The average molecular weight is 627 g/mol. The van der Waals surface area contributed by atoms with Crippen LogP contribution in [0.15, 0.2) is 0 Å². The van der Waals surface area contributed by atoms with Crippen LogP contribution in [-0.2, 0) is 38.4 Å². The van der Waals surface area contributed by atoms with Crippen molar-refractivity contribution in [2.75, 3.05) is 13.7 Å². The third-order valence-electron chi connectivity index (χ3n) is 11.2. The Morgan fingerprint density at radius 2 is 1.20 bits per heavy atom. The monoisotopic (exact) mass is 626 g/mol. The van der Waals surface area contributed by atoms with Crippen LogP contribution < -0.4 is 0 Å². The van der Waals surface area contributed by atoms with Crippen molar-refractivity contribution >= 4 is 23.9 Å². The molecule has 0 aliphatic heterocycles. The van der Waals surface area contributed by atoms with Gasteiger partial charge in [0.15, 0.2) is 0 Å². The third kappa shape index (κ3) is 8.10. The van der Waals surface area contributed by atoms with Gasteiger partial charge < -0.3 is 29.9 Å². The van der Waals surface area contributed by atoms with Gasteiger partial charge in [0.1, 0.15) is 6.10 Å². The van der Waals surface area contributed by atoms with Gasteiger partial charge in [-0.25, -0.2) is 9.78 Å². The number of carbonyl (C=O) groups is 4. The molecule has 4 N–H and O–H groups in total. The molecule has 0 saturated heterocycles. The van der Waals surface area contributed by atoms with Crippen molar-refractivity contribution in [2.45, 2.75) is 121 Å². The minimum atomic E-state index is -1.09. The zero-order chi connectivity index (χ0) is 32.0. The molecule has 0 aromatic carbocycles. The smallest absolute Gasteiger partial charge is 0.312 e. The van der Waals surface area contributed by atoms with Crippen molar-refractivity contribution in [1.29, 1.82) is 0 Å². The number of esters is 2. The average Bonchev–Trinajstić information content (AvgIpc) is 3.01. The van der Waals surface area contributed by atoms with Gasteiger partial charge in [-0.1, -0.05) is 0 Å². The number of aliphatic hydroxyl groups is 2. The van der Waals surface area contributed by atoms with E-state index in [4.69, 9.17) is 19.2 Å². The number of hydrogen-bond acceptors (Lipinski definition) is 10. The first-order valence-electron chi connectivity index (χ1n) is 16.3. The second kappa shape index (κ2) is 15.3. The first-order valence-corrected chi connectivity index (χ1v) is 16.3. The van der Waals surface area contributed by atoms with Crippen molar-refractivity contribution in [3.63, 3.8) is 0 Å². The molecule has 250 valence electrons. The summed E-state index contributed by atoms with van der Waals surface area (Å²) in [5, 5.41) is 38.8. The molecule has 0 bridgehead atoms. The van der Waals surface area contributed by atoms with E-state index in [-0.39, 0.29) is 61.8 Å². The molecular weight excluding hydrogens is 576 g/mol. The van der Waals surface area contributed by atoms with Crippen LogP contribution in [0.2, 0.25) is 0 Å². The highest BCUT2D eigenvalue weighted by molar-refractivity contribution is 5.81. The lowest BCUT2D eigenvalue weighted by atomic mass is 9.59. The topological polar surface area (TPSA) is 186 Å². The number of rotatable bonds is 11. The van der Waals surface area contributed by atoms with Crippen LogP contribution in [-0.4, -0.2) is 82.4 Å². The van der Waals surface area contributed by atoms with Crippen LogP contribution >= 0.6 is 0 Å². The van der Waals surface area contributed by atoms with Gasteiger partial charge in [-0.2, -0.15) is 0 Å². The fourth-order valence-corrected chi connectivity index (χ4v) is 8.32. The summed E-state index contributed by atoms with van der Waals surface area (Å²) < 4.78 is 11.1. The van der Waals surface area contributed by atoms with Gasteiger partial charge in [0.05, 0.1) is 55.2 Å². The first kappa shape index (κ1) is 34.6. The molecule has 7 atom stereocenters. The fourth-order valence-electron chi connectivity index (χ4n) is 8.32. The maximum Gasteiger partial charge on any atom is 0.312 e. The van der Waals surface area contributed by atoms with Gasteiger partial charge in [0.2, 0.25) is 0 Å². The van der Waals surface area contributed by atoms with Crippen LogP contribution in [0.4, 0.5) is 0 Å². The Morgan fingerprint density at radius 1 is 0.682 bits per heavy atom. The molecule has 0 spiro atoms. The fraction of sp³-hybridized carbons (Fsp3) is 0.875. The van der Waals surface area contributed by atoms with Gasteiger partial charge in [-0.3, -0.25) is 19.2 Å². The summed E-state index contributed by atoms with van der Waals surface area (Å²) in [4.78, 5) is 60.7. The molecule has 4 fully saturated rings. The summed E-state index contributed by atoms with van der Waals surface area (Å²) in [6.07, 6.45) is 5.64. The molecule has 12 nitrogen and oxygen atoms in total.